The van der Waals surface area contributed by atoms with E-state index in [0.717, 1.165) is 41.9 Å². The number of nitrogens with one attached hydrogen (secondary N) is 1. The number of nitrogens with zero attached hydrogens (tertiary/aromatic N) is 4. The SMILES string of the molecule is CCc1nnc(Nc2cnn(CC)c2)c(C(N)=S)c1CC. The van der Waals surface area contributed by atoms with Crippen LogP contribution in [0.3, 0.4) is 0 Å². The van der Waals surface area contributed by atoms with Crippen molar-refractivity contribution in [3.05, 3.63) is 29.2 Å². The molecule has 21 heavy (non-hydrogen) atoms. The van der Waals surface area contributed by atoms with Crippen LogP contribution in [0, 0.1) is 0 Å². The van der Waals surface area contributed by atoms with Crippen LogP contribution in [0.1, 0.15) is 37.6 Å². The van der Waals surface area contributed by atoms with Gasteiger partial charge in [0.15, 0.2) is 5.82 Å². The Hall–Kier alpha value is -2.02. The molecular formula is C14H20N6S. The Morgan fingerprint density at radius 3 is 2.57 bits per heavy atom. The van der Waals surface area contributed by atoms with Gasteiger partial charge in [-0.2, -0.15) is 10.2 Å². The monoisotopic (exact) mass is 304 g/mol. The first-order valence-corrected chi connectivity index (χ1v) is 7.49. The predicted octanol–water partition coefficient (Wildman–Crippen LogP) is 2.20. The van der Waals surface area contributed by atoms with E-state index < -0.39 is 0 Å². The average Bonchev–Trinajstić information content (AvgIpc) is 2.93. The zero-order valence-corrected chi connectivity index (χ0v) is 13.4. The molecule has 0 spiro atoms. The summed E-state index contributed by atoms with van der Waals surface area (Å²) < 4.78 is 1.83. The molecule has 2 rings (SSSR count). The molecule has 0 atom stereocenters. The maximum absolute atomic E-state index is 5.90. The zero-order chi connectivity index (χ0) is 15.4. The van der Waals surface area contributed by atoms with Crippen molar-refractivity contribution in [1.82, 2.24) is 20.0 Å². The first-order chi connectivity index (χ1) is 10.1. The van der Waals surface area contributed by atoms with Gasteiger partial charge in [0.1, 0.15) is 4.99 Å². The molecule has 0 unspecified atom stereocenters. The third kappa shape index (κ3) is 3.18. The second-order valence-electron chi connectivity index (χ2n) is 4.63. The lowest BCUT2D eigenvalue weighted by molar-refractivity contribution is 0.660. The van der Waals surface area contributed by atoms with E-state index in [1.165, 1.54) is 0 Å². The van der Waals surface area contributed by atoms with E-state index in [2.05, 4.69) is 27.5 Å². The molecule has 0 fully saturated rings. The minimum absolute atomic E-state index is 0.335. The fraction of sp³-hybridized carbons (Fsp3) is 0.429. The Kier molecular flexibility index (Phi) is 4.85. The summed E-state index contributed by atoms with van der Waals surface area (Å²) in [5, 5.41) is 16.0. The molecule has 2 heterocycles. The highest BCUT2D eigenvalue weighted by Gasteiger charge is 2.17. The molecule has 7 heteroatoms. The number of nitrogens with two attached hydrogens (primary N) is 1. The Morgan fingerprint density at radius 1 is 1.29 bits per heavy atom. The summed E-state index contributed by atoms with van der Waals surface area (Å²) in [6, 6.07) is 0. The van der Waals surface area contributed by atoms with Crippen molar-refractivity contribution in [2.45, 2.75) is 40.2 Å². The molecule has 0 saturated heterocycles. The van der Waals surface area contributed by atoms with Crippen LogP contribution in [0.15, 0.2) is 12.4 Å². The minimum Gasteiger partial charge on any atom is -0.389 e. The Bertz CT molecular complexity index is 649. The summed E-state index contributed by atoms with van der Waals surface area (Å²) in [5.41, 5.74) is 9.53. The molecule has 2 aromatic heterocycles. The fourth-order valence-corrected chi connectivity index (χ4v) is 2.48. The molecule has 0 aliphatic carbocycles. The highest BCUT2D eigenvalue weighted by atomic mass is 32.1. The number of aryl methyl sites for hydroxylation is 2. The second kappa shape index (κ2) is 6.62. The number of hydrogen-bond acceptors (Lipinski definition) is 5. The van der Waals surface area contributed by atoms with E-state index in [4.69, 9.17) is 18.0 Å². The van der Waals surface area contributed by atoms with Crippen molar-refractivity contribution in [3.8, 4) is 0 Å². The van der Waals surface area contributed by atoms with E-state index in [1.54, 1.807) is 6.20 Å². The fourth-order valence-electron chi connectivity index (χ4n) is 2.26. The molecule has 0 bridgehead atoms. The Labute approximate surface area is 129 Å². The summed E-state index contributed by atoms with van der Waals surface area (Å²) in [7, 11) is 0. The third-order valence-electron chi connectivity index (χ3n) is 3.31. The normalized spacial score (nSPS) is 10.6. The maximum atomic E-state index is 5.90. The molecule has 0 aromatic carbocycles. The van der Waals surface area contributed by atoms with Gasteiger partial charge < -0.3 is 11.1 Å². The molecule has 6 nitrogen and oxygen atoms in total. The molecular weight excluding hydrogens is 284 g/mol. The second-order valence-corrected chi connectivity index (χ2v) is 5.07. The number of anilines is 2. The summed E-state index contributed by atoms with van der Waals surface area (Å²) in [6.07, 6.45) is 5.27. The van der Waals surface area contributed by atoms with Crippen LogP contribution in [0.4, 0.5) is 11.5 Å². The first kappa shape index (κ1) is 15.4. The van der Waals surface area contributed by atoms with E-state index in [0.29, 0.717) is 10.8 Å². The van der Waals surface area contributed by atoms with E-state index in [1.807, 2.05) is 24.7 Å². The van der Waals surface area contributed by atoms with Crippen LogP contribution in [0.25, 0.3) is 0 Å². The van der Waals surface area contributed by atoms with E-state index in [-0.39, 0.29) is 0 Å². The van der Waals surface area contributed by atoms with Crippen molar-refractivity contribution in [1.29, 1.82) is 0 Å². The summed E-state index contributed by atoms with van der Waals surface area (Å²) >= 11 is 5.20. The molecule has 0 radical (unpaired) electrons. The Morgan fingerprint density at radius 2 is 2.05 bits per heavy atom. The number of thiocarbonyl (C=S) groups is 1. The van der Waals surface area contributed by atoms with Crippen molar-refractivity contribution in [2.75, 3.05) is 5.32 Å². The largest absolute Gasteiger partial charge is 0.389 e. The number of hydrogen-bond donors (Lipinski definition) is 2. The van der Waals surface area contributed by atoms with Gasteiger partial charge in [-0.05, 0) is 25.3 Å². The van der Waals surface area contributed by atoms with Crippen LogP contribution in [0.2, 0.25) is 0 Å². The maximum Gasteiger partial charge on any atom is 0.163 e. The van der Waals surface area contributed by atoms with Gasteiger partial charge in [-0.1, -0.05) is 26.1 Å². The lowest BCUT2D eigenvalue weighted by Gasteiger charge is -2.14. The molecule has 0 aliphatic heterocycles. The highest BCUT2D eigenvalue weighted by Crippen LogP contribution is 2.23. The van der Waals surface area contributed by atoms with Gasteiger partial charge in [-0.25, -0.2) is 0 Å². The Balaban J connectivity index is 2.45. The first-order valence-electron chi connectivity index (χ1n) is 7.08. The lowest BCUT2D eigenvalue weighted by Crippen LogP contribution is -2.18. The van der Waals surface area contributed by atoms with E-state index >= 15 is 0 Å². The van der Waals surface area contributed by atoms with Crippen LogP contribution in [-0.2, 0) is 19.4 Å². The molecule has 2 aromatic rings. The smallest absolute Gasteiger partial charge is 0.163 e. The average molecular weight is 304 g/mol. The zero-order valence-electron chi connectivity index (χ0n) is 12.6. The van der Waals surface area contributed by atoms with Gasteiger partial charge in [-0.3, -0.25) is 4.68 Å². The molecule has 112 valence electrons. The highest BCUT2D eigenvalue weighted by molar-refractivity contribution is 7.80. The van der Waals surface area contributed by atoms with Crippen LogP contribution in [0.5, 0.6) is 0 Å². The van der Waals surface area contributed by atoms with Gasteiger partial charge in [0.2, 0.25) is 0 Å². The standard InChI is InChI=1S/C14H20N6S/c1-4-10-11(5-2)18-19-14(12(10)13(15)21)17-9-7-16-20(6-3)8-9/h7-8H,4-6H2,1-3H3,(H2,15,21)(H,17,19). The molecule has 3 N–H and O–H groups in total. The van der Waals surface area contributed by atoms with Crippen molar-refractivity contribution in [3.63, 3.8) is 0 Å². The van der Waals surface area contributed by atoms with Gasteiger partial charge in [0.25, 0.3) is 0 Å². The van der Waals surface area contributed by atoms with Gasteiger partial charge in [-0.15, -0.1) is 5.10 Å². The molecule has 0 amide bonds. The summed E-state index contributed by atoms with van der Waals surface area (Å²) in [6.45, 7) is 6.95. The minimum atomic E-state index is 0.335. The molecule has 0 aliphatic rings. The summed E-state index contributed by atoms with van der Waals surface area (Å²) in [5.74, 6) is 0.590. The molecule has 0 saturated carbocycles. The third-order valence-corrected chi connectivity index (χ3v) is 3.52. The topological polar surface area (TPSA) is 81.7 Å². The van der Waals surface area contributed by atoms with Gasteiger partial charge >= 0.3 is 0 Å². The van der Waals surface area contributed by atoms with Crippen LogP contribution >= 0.6 is 12.2 Å². The van der Waals surface area contributed by atoms with Gasteiger partial charge in [0.05, 0.1) is 23.1 Å². The van der Waals surface area contributed by atoms with Gasteiger partial charge in [0, 0.05) is 12.7 Å². The van der Waals surface area contributed by atoms with E-state index in [9.17, 15) is 0 Å². The number of rotatable bonds is 6. The van der Waals surface area contributed by atoms with Crippen molar-refractivity contribution in [2.24, 2.45) is 5.73 Å². The van der Waals surface area contributed by atoms with Crippen LogP contribution in [-0.4, -0.2) is 25.0 Å². The quantitative estimate of drug-likeness (QED) is 0.796. The van der Waals surface area contributed by atoms with Crippen molar-refractivity contribution < 1.29 is 0 Å². The van der Waals surface area contributed by atoms with Crippen molar-refractivity contribution >= 4 is 28.7 Å². The van der Waals surface area contributed by atoms with Crippen LogP contribution < -0.4 is 11.1 Å². The predicted molar refractivity (Wildman–Crippen MR) is 87.9 cm³/mol. The lowest BCUT2D eigenvalue weighted by atomic mass is 10.0. The number of aromatic nitrogens is 4. The summed E-state index contributed by atoms with van der Waals surface area (Å²) in [4.78, 5) is 0.335.